The summed E-state index contributed by atoms with van der Waals surface area (Å²) in [6.07, 6.45) is 0. The molecule has 100 valence electrons. The van der Waals surface area contributed by atoms with Crippen molar-refractivity contribution < 1.29 is 0 Å². The van der Waals surface area contributed by atoms with Crippen LogP contribution in [0.25, 0.3) is 22.3 Å². The Balaban J connectivity index is 2.29. The summed E-state index contributed by atoms with van der Waals surface area (Å²) in [6.45, 7) is 4.13. The molecule has 3 rings (SSSR count). The SMILES string of the molecule is Cc1ccc(-c2nc(Cl)c3cccc(Br)c3n2)c(C)c1. The molecule has 2 nitrogen and oxygen atoms in total. The molecule has 0 fully saturated rings. The van der Waals surface area contributed by atoms with Crippen molar-refractivity contribution in [2.45, 2.75) is 13.8 Å². The maximum Gasteiger partial charge on any atom is 0.161 e. The lowest BCUT2D eigenvalue weighted by Gasteiger charge is -2.08. The Labute approximate surface area is 131 Å². The molecule has 0 aliphatic rings. The molecular weight excluding hydrogens is 336 g/mol. The fraction of sp³-hybridized carbons (Fsp3) is 0.125. The van der Waals surface area contributed by atoms with Gasteiger partial charge < -0.3 is 0 Å². The van der Waals surface area contributed by atoms with E-state index in [4.69, 9.17) is 11.6 Å². The van der Waals surface area contributed by atoms with E-state index in [2.05, 4.69) is 51.9 Å². The number of aromatic nitrogens is 2. The predicted octanol–water partition coefficient (Wildman–Crippen LogP) is 5.33. The third kappa shape index (κ3) is 2.32. The van der Waals surface area contributed by atoms with Crippen molar-refractivity contribution >= 4 is 38.4 Å². The van der Waals surface area contributed by atoms with Crippen LogP contribution in [0.1, 0.15) is 11.1 Å². The van der Waals surface area contributed by atoms with Gasteiger partial charge in [0, 0.05) is 15.4 Å². The van der Waals surface area contributed by atoms with Crippen LogP contribution in [0, 0.1) is 13.8 Å². The minimum Gasteiger partial charge on any atom is -0.227 e. The zero-order valence-electron chi connectivity index (χ0n) is 11.1. The first-order chi connectivity index (χ1) is 9.56. The third-order valence-corrected chi connectivity index (χ3v) is 4.18. The van der Waals surface area contributed by atoms with Crippen molar-refractivity contribution in [1.29, 1.82) is 0 Å². The Morgan fingerprint density at radius 2 is 1.85 bits per heavy atom. The van der Waals surface area contributed by atoms with Gasteiger partial charge in [0.15, 0.2) is 5.82 Å². The summed E-state index contributed by atoms with van der Waals surface area (Å²) in [5.41, 5.74) is 4.21. The Hall–Kier alpha value is -1.45. The number of aryl methyl sites for hydroxylation is 2. The normalized spacial score (nSPS) is 11.0. The Morgan fingerprint density at radius 1 is 1.05 bits per heavy atom. The average Bonchev–Trinajstić information content (AvgIpc) is 2.40. The zero-order valence-corrected chi connectivity index (χ0v) is 13.5. The van der Waals surface area contributed by atoms with E-state index in [0.717, 1.165) is 26.5 Å². The first-order valence-electron chi connectivity index (χ1n) is 6.25. The lowest BCUT2D eigenvalue weighted by Crippen LogP contribution is -1.94. The minimum absolute atomic E-state index is 0.478. The number of hydrogen-bond donors (Lipinski definition) is 0. The predicted molar refractivity (Wildman–Crippen MR) is 87.2 cm³/mol. The molecule has 3 aromatic rings. The number of benzene rings is 2. The van der Waals surface area contributed by atoms with Crippen LogP contribution in [0.4, 0.5) is 0 Å². The van der Waals surface area contributed by atoms with Gasteiger partial charge in [0.1, 0.15) is 5.15 Å². The van der Waals surface area contributed by atoms with Gasteiger partial charge in [-0.2, -0.15) is 0 Å². The monoisotopic (exact) mass is 346 g/mol. The summed E-state index contributed by atoms with van der Waals surface area (Å²) in [6, 6.07) is 12.0. The van der Waals surface area contributed by atoms with Gasteiger partial charge in [-0.3, -0.25) is 0 Å². The van der Waals surface area contributed by atoms with Gasteiger partial charge in [-0.1, -0.05) is 41.4 Å². The van der Waals surface area contributed by atoms with Crippen molar-refractivity contribution in [3.8, 4) is 11.4 Å². The first-order valence-corrected chi connectivity index (χ1v) is 7.43. The maximum atomic E-state index is 6.30. The quantitative estimate of drug-likeness (QED) is 0.556. The fourth-order valence-corrected chi connectivity index (χ4v) is 2.95. The van der Waals surface area contributed by atoms with Gasteiger partial charge in [-0.25, -0.2) is 9.97 Å². The molecule has 0 aliphatic heterocycles. The second-order valence-electron chi connectivity index (χ2n) is 4.79. The number of fused-ring (bicyclic) bond motifs is 1. The molecule has 0 saturated heterocycles. The van der Waals surface area contributed by atoms with Crippen LogP contribution in [0.2, 0.25) is 5.15 Å². The second-order valence-corrected chi connectivity index (χ2v) is 6.00. The van der Waals surface area contributed by atoms with Crippen LogP contribution >= 0.6 is 27.5 Å². The van der Waals surface area contributed by atoms with Crippen LogP contribution in [0.15, 0.2) is 40.9 Å². The Kier molecular flexibility index (Phi) is 3.48. The van der Waals surface area contributed by atoms with Crippen LogP contribution in [-0.2, 0) is 0 Å². The molecule has 1 heterocycles. The van der Waals surface area contributed by atoms with Gasteiger partial charge in [-0.15, -0.1) is 0 Å². The molecule has 0 radical (unpaired) electrons. The molecule has 2 aromatic carbocycles. The number of halogens is 2. The van der Waals surface area contributed by atoms with Gasteiger partial charge in [0.2, 0.25) is 0 Å². The van der Waals surface area contributed by atoms with E-state index in [1.54, 1.807) is 0 Å². The van der Waals surface area contributed by atoms with E-state index in [9.17, 15) is 0 Å². The van der Waals surface area contributed by atoms with Crippen LogP contribution < -0.4 is 0 Å². The summed E-state index contributed by atoms with van der Waals surface area (Å²) in [7, 11) is 0. The van der Waals surface area contributed by atoms with Crippen LogP contribution in [0.5, 0.6) is 0 Å². The van der Waals surface area contributed by atoms with Crippen LogP contribution in [-0.4, -0.2) is 9.97 Å². The highest BCUT2D eigenvalue weighted by Gasteiger charge is 2.11. The lowest BCUT2D eigenvalue weighted by molar-refractivity contribution is 1.21. The zero-order chi connectivity index (χ0) is 14.3. The Morgan fingerprint density at radius 3 is 2.60 bits per heavy atom. The molecular formula is C16H12BrClN2. The molecule has 0 aliphatic carbocycles. The molecule has 1 aromatic heterocycles. The van der Waals surface area contributed by atoms with Gasteiger partial charge in [-0.05, 0) is 47.5 Å². The molecule has 20 heavy (non-hydrogen) atoms. The highest BCUT2D eigenvalue weighted by molar-refractivity contribution is 9.10. The second kappa shape index (κ2) is 5.15. The maximum absolute atomic E-state index is 6.30. The molecule has 0 amide bonds. The summed E-state index contributed by atoms with van der Waals surface area (Å²) in [5, 5.41) is 1.33. The number of para-hydroxylation sites is 1. The van der Waals surface area contributed by atoms with Crippen molar-refractivity contribution in [2.75, 3.05) is 0 Å². The van der Waals surface area contributed by atoms with Crippen LogP contribution in [0.3, 0.4) is 0 Å². The van der Waals surface area contributed by atoms with E-state index < -0.39 is 0 Å². The molecule has 0 atom stereocenters. The van der Waals surface area contributed by atoms with E-state index in [0.29, 0.717) is 11.0 Å². The molecule has 4 heteroatoms. The topological polar surface area (TPSA) is 25.8 Å². The highest BCUT2D eigenvalue weighted by Crippen LogP contribution is 2.30. The average molecular weight is 348 g/mol. The summed E-state index contributed by atoms with van der Waals surface area (Å²) in [5.74, 6) is 0.659. The van der Waals surface area contributed by atoms with Gasteiger partial charge in [0.25, 0.3) is 0 Å². The largest absolute Gasteiger partial charge is 0.227 e. The smallest absolute Gasteiger partial charge is 0.161 e. The van der Waals surface area contributed by atoms with E-state index in [-0.39, 0.29) is 0 Å². The van der Waals surface area contributed by atoms with Gasteiger partial charge >= 0.3 is 0 Å². The molecule has 0 saturated carbocycles. The van der Waals surface area contributed by atoms with Crippen molar-refractivity contribution in [2.24, 2.45) is 0 Å². The number of nitrogens with zero attached hydrogens (tertiary/aromatic N) is 2. The fourth-order valence-electron chi connectivity index (χ4n) is 2.26. The molecule has 0 N–H and O–H groups in total. The summed E-state index contributed by atoms with van der Waals surface area (Å²) in [4.78, 5) is 9.09. The van der Waals surface area contributed by atoms with Gasteiger partial charge in [0.05, 0.1) is 5.52 Å². The molecule has 0 unspecified atom stereocenters. The van der Waals surface area contributed by atoms with Crippen molar-refractivity contribution in [3.05, 3.63) is 57.2 Å². The Bertz CT molecular complexity index is 815. The summed E-state index contributed by atoms with van der Waals surface area (Å²) < 4.78 is 0.922. The molecule has 0 spiro atoms. The number of rotatable bonds is 1. The highest BCUT2D eigenvalue weighted by atomic mass is 79.9. The van der Waals surface area contributed by atoms with E-state index in [1.165, 1.54) is 5.56 Å². The molecule has 0 bridgehead atoms. The van der Waals surface area contributed by atoms with Crippen molar-refractivity contribution in [3.63, 3.8) is 0 Å². The standard InChI is InChI=1S/C16H12BrClN2/c1-9-6-7-11(10(2)8-9)16-19-14-12(15(18)20-16)4-3-5-13(14)17/h3-8H,1-2H3. The van der Waals surface area contributed by atoms with Crippen molar-refractivity contribution in [1.82, 2.24) is 9.97 Å². The lowest BCUT2D eigenvalue weighted by atomic mass is 10.1. The number of hydrogen-bond acceptors (Lipinski definition) is 2. The third-order valence-electron chi connectivity index (χ3n) is 3.25. The minimum atomic E-state index is 0.478. The first kappa shape index (κ1) is 13.5. The summed E-state index contributed by atoms with van der Waals surface area (Å²) >= 11 is 9.81. The van der Waals surface area contributed by atoms with E-state index in [1.807, 2.05) is 24.3 Å². The van der Waals surface area contributed by atoms with E-state index >= 15 is 0 Å².